The van der Waals surface area contributed by atoms with Crippen LogP contribution in [0.15, 0.2) is 48.5 Å². The van der Waals surface area contributed by atoms with Gasteiger partial charge in [0.15, 0.2) is 0 Å². The van der Waals surface area contributed by atoms with Crippen molar-refractivity contribution in [2.75, 3.05) is 12.3 Å². The van der Waals surface area contributed by atoms with Gasteiger partial charge >= 0.3 is 0 Å². The van der Waals surface area contributed by atoms with Crippen molar-refractivity contribution >= 4 is 33.2 Å². The monoisotopic (exact) mass is 397 g/mol. The molecule has 0 aromatic heterocycles. The number of nitro groups is 1. The summed E-state index contributed by atoms with van der Waals surface area (Å²) in [6.45, 7) is 0.0293. The van der Waals surface area contributed by atoms with E-state index in [1.165, 1.54) is 6.07 Å². The van der Waals surface area contributed by atoms with Crippen LogP contribution in [0.5, 0.6) is 0 Å². The van der Waals surface area contributed by atoms with Gasteiger partial charge in [-0.1, -0.05) is 41.9 Å². The Hall–Kier alpha value is -2.49. The van der Waals surface area contributed by atoms with E-state index >= 15 is 0 Å². The Balaban J connectivity index is 1.86. The molecule has 0 aliphatic heterocycles. The zero-order chi connectivity index (χ0) is 19.2. The standard InChI is InChI=1S/C16H16ClN3O5S/c17-15-10-13(20(22)23)6-7-14(15)16(21)18-8-9-26(24,25)19-11-12-4-2-1-3-5-12/h1-7,10,19H,8-9,11H2,(H,18,21). The predicted octanol–water partition coefficient (Wildman–Crippen LogP) is 2.10. The molecule has 0 saturated carbocycles. The van der Waals surface area contributed by atoms with Gasteiger partial charge < -0.3 is 5.32 Å². The van der Waals surface area contributed by atoms with E-state index in [4.69, 9.17) is 11.6 Å². The van der Waals surface area contributed by atoms with Gasteiger partial charge in [-0.3, -0.25) is 14.9 Å². The first-order chi connectivity index (χ1) is 12.3. The molecule has 10 heteroatoms. The molecule has 0 radical (unpaired) electrons. The topological polar surface area (TPSA) is 118 Å². The molecule has 0 fully saturated rings. The van der Waals surface area contributed by atoms with E-state index in [0.29, 0.717) is 0 Å². The molecule has 0 heterocycles. The first-order valence-electron chi connectivity index (χ1n) is 7.52. The van der Waals surface area contributed by atoms with Crippen molar-refractivity contribution in [1.29, 1.82) is 0 Å². The molecular formula is C16H16ClN3O5S. The summed E-state index contributed by atoms with van der Waals surface area (Å²) < 4.78 is 26.3. The number of nitrogens with zero attached hydrogens (tertiary/aromatic N) is 1. The fourth-order valence-corrected chi connectivity index (χ4v) is 3.22. The van der Waals surface area contributed by atoms with Gasteiger partial charge in [0.05, 0.1) is 21.3 Å². The summed E-state index contributed by atoms with van der Waals surface area (Å²) >= 11 is 5.86. The number of sulfonamides is 1. The number of hydrogen-bond donors (Lipinski definition) is 2. The third kappa shape index (κ3) is 5.80. The quantitative estimate of drug-likeness (QED) is 0.522. The fourth-order valence-electron chi connectivity index (χ4n) is 2.06. The second kappa shape index (κ2) is 8.75. The molecule has 2 N–H and O–H groups in total. The lowest BCUT2D eigenvalue weighted by molar-refractivity contribution is -0.384. The molecule has 2 rings (SSSR count). The molecule has 0 unspecified atom stereocenters. The smallest absolute Gasteiger partial charge is 0.270 e. The van der Waals surface area contributed by atoms with E-state index in [0.717, 1.165) is 17.7 Å². The number of halogens is 1. The molecule has 2 aromatic carbocycles. The summed E-state index contributed by atoms with van der Waals surface area (Å²) in [6.07, 6.45) is 0. The zero-order valence-corrected chi connectivity index (χ0v) is 15.1. The number of nitrogens with one attached hydrogen (secondary N) is 2. The molecule has 0 atom stereocenters. The van der Waals surface area contributed by atoms with Crippen LogP contribution >= 0.6 is 11.6 Å². The number of amides is 1. The molecule has 0 aliphatic rings. The first kappa shape index (κ1) is 19.8. The van der Waals surface area contributed by atoms with E-state index in [2.05, 4.69) is 10.0 Å². The fraction of sp³-hybridized carbons (Fsp3) is 0.188. The van der Waals surface area contributed by atoms with Crippen LogP contribution in [0, 0.1) is 10.1 Å². The largest absolute Gasteiger partial charge is 0.351 e. The summed E-state index contributed by atoms with van der Waals surface area (Å²) in [5, 5.41) is 13.0. The van der Waals surface area contributed by atoms with E-state index in [1.807, 2.05) is 6.07 Å². The molecule has 0 aliphatic carbocycles. The van der Waals surface area contributed by atoms with Gasteiger partial charge in [0, 0.05) is 25.2 Å². The van der Waals surface area contributed by atoms with Crippen LogP contribution in [0.2, 0.25) is 5.02 Å². The maximum atomic E-state index is 12.0. The van der Waals surface area contributed by atoms with Crippen LogP contribution in [0.3, 0.4) is 0 Å². The van der Waals surface area contributed by atoms with Crippen LogP contribution in [0.4, 0.5) is 5.69 Å². The van der Waals surface area contributed by atoms with Crippen molar-refractivity contribution in [1.82, 2.24) is 10.0 Å². The Morgan fingerprint density at radius 2 is 1.85 bits per heavy atom. The van der Waals surface area contributed by atoms with Crippen LogP contribution in [0.25, 0.3) is 0 Å². The predicted molar refractivity (Wildman–Crippen MR) is 97.5 cm³/mol. The van der Waals surface area contributed by atoms with Crippen molar-refractivity contribution < 1.29 is 18.1 Å². The lowest BCUT2D eigenvalue weighted by Gasteiger charge is -2.09. The summed E-state index contributed by atoms with van der Waals surface area (Å²) in [7, 11) is -3.57. The number of carbonyl (C=O) groups excluding carboxylic acids is 1. The van der Waals surface area contributed by atoms with Gasteiger partial charge in [0.2, 0.25) is 10.0 Å². The van der Waals surface area contributed by atoms with Gasteiger partial charge in [0.1, 0.15) is 0 Å². The highest BCUT2D eigenvalue weighted by atomic mass is 35.5. The van der Waals surface area contributed by atoms with E-state index in [-0.39, 0.29) is 35.1 Å². The van der Waals surface area contributed by atoms with Gasteiger partial charge in [-0.25, -0.2) is 13.1 Å². The molecule has 2 aromatic rings. The van der Waals surface area contributed by atoms with Crippen molar-refractivity contribution in [2.24, 2.45) is 0 Å². The molecule has 1 amide bonds. The minimum atomic E-state index is -3.57. The molecule has 138 valence electrons. The van der Waals surface area contributed by atoms with Gasteiger partial charge in [-0.2, -0.15) is 0 Å². The zero-order valence-electron chi connectivity index (χ0n) is 13.5. The minimum Gasteiger partial charge on any atom is -0.351 e. The molecular weight excluding hydrogens is 382 g/mol. The highest BCUT2D eigenvalue weighted by Crippen LogP contribution is 2.22. The van der Waals surface area contributed by atoms with Gasteiger partial charge in [-0.15, -0.1) is 0 Å². The normalized spacial score (nSPS) is 11.1. The van der Waals surface area contributed by atoms with Crippen LogP contribution in [0.1, 0.15) is 15.9 Å². The third-order valence-electron chi connectivity index (χ3n) is 3.40. The molecule has 0 spiro atoms. The average molecular weight is 398 g/mol. The highest BCUT2D eigenvalue weighted by molar-refractivity contribution is 7.89. The summed E-state index contributed by atoms with van der Waals surface area (Å²) in [5.74, 6) is -0.918. The lowest BCUT2D eigenvalue weighted by Crippen LogP contribution is -2.34. The second-order valence-electron chi connectivity index (χ2n) is 5.30. The lowest BCUT2D eigenvalue weighted by atomic mass is 10.2. The maximum absolute atomic E-state index is 12.0. The van der Waals surface area contributed by atoms with Gasteiger partial charge in [0.25, 0.3) is 11.6 Å². The Labute approximate surface area is 155 Å². The number of nitro benzene ring substituents is 1. The Bertz CT molecular complexity index is 903. The van der Waals surface area contributed by atoms with Crippen molar-refractivity contribution in [2.45, 2.75) is 6.54 Å². The SMILES string of the molecule is O=C(NCCS(=O)(=O)NCc1ccccc1)c1ccc([N+](=O)[O-])cc1Cl. The second-order valence-corrected chi connectivity index (χ2v) is 7.64. The van der Waals surface area contributed by atoms with E-state index < -0.39 is 20.9 Å². The third-order valence-corrected chi connectivity index (χ3v) is 5.04. The van der Waals surface area contributed by atoms with Crippen molar-refractivity contribution in [3.63, 3.8) is 0 Å². The number of carbonyl (C=O) groups is 1. The minimum absolute atomic E-state index is 0.0342. The first-order valence-corrected chi connectivity index (χ1v) is 9.55. The van der Waals surface area contributed by atoms with Crippen molar-refractivity contribution in [3.05, 3.63) is 74.8 Å². The number of hydrogen-bond acceptors (Lipinski definition) is 5. The summed E-state index contributed by atoms with van der Waals surface area (Å²) in [5.41, 5.74) is 0.615. The highest BCUT2D eigenvalue weighted by Gasteiger charge is 2.16. The van der Waals surface area contributed by atoms with E-state index in [9.17, 15) is 23.3 Å². The van der Waals surface area contributed by atoms with Gasteiger partial charge in [-0.05, 0) is 11.6 Å². The number of non-ortho nitro benzene ring substituents is 1. The molecule has 0 bridgehead atoms. The Morgan fingerprint density at radius 1 is 1.15 bits per heavy atom. The van der Waals surface area contributed by atoms with Crippen LogP contribution < -0.4 is 10.0 Å². The Morgan fingerprint density at radius 3 is 2.46 bits per heavy atom. The molecule has 8 nitrogen and oxygen atoms in total. The molecule has 0 saturated heterocycles. The van der Waals surface area contributed by atoms with Crippen molar-refractivity contribution in [3.8, 4) is 0 Å². The number of benzene rings is 2. The average Bonchev–Trinajstić information content (AvgIpc) is 2.60. The summed E-state index contributed by atoms with van der Waals surface area (Å²) in [4.78, 5) is 22.1. The van der Waals surface area contributed by atoms with Crippen LogP contribution in [-0.4, -0.2) is 31.5 Å². The summed E-state index contributed by atoms with van der Waals surface area (Å²) in [6, 6.07) is 12.5. The Kier molecular flexibility index (Phi) is 6.67. The molecule has 26 heavy (non-hydrogen) atoms. The maximum Gasteiger partial charge on any atom is 0.270 e. The van der Waals surface area contributed by atoms with Crippen LogP contribution in [-0.2, 0) is 16.6 Å². The van der Waals surface area contributed by atoms with E-state index in [1.54, 1.807) is 24.3 Å². The number of rotatable bonds is 8.